The van der Waals surface area contributed by atoms with Crippen LogP contribution in [0.2, 0.25) is 0 Å². The van der Waals surface area contributed by atoms with Crippen LogP contribution in [0.5, 0.6) is 5.75 Å². The van der Waals surface area contributed by atoms with Crippen LogP contribution in [0.25, 0.3) is 0 Å². The van der Waals surface area contributed by atoms with Gasteiger partial charge in [-0.05, 0) is 31.4 Å². The number of ether oxygens (including phenoxy) is 1. The van der Waals surface area contributed by atoms with Crippen molar-refractivity contribution in [1.29, 1.82) is 0 Å². The second-order valence-electron chi connectivity index (χ2n) is 6.33. The average Bonchev–Trinajstić information content (AvgIpc) is 2.95. The molecule has 5 heteroatoms. The van der Waals surface area contributed by atoms with Crippen molar-refractivity contribution in [3.8, 4) is 5.75 Å². The number of aliphatic hydroxyl groups excluding tert-OH is 1. The molecular weight excluding hydrogens is 280 g/mol. The van der Waals surface area contributed by atoms with Gasteiger partial charge in [-0.15, -0.1) is 0 Å². The Morgan fingerprint density at radius 3 is 3.09 bits per heavy atom. The molecule has 1 saturated heterocycles. The van der Waals surface area contributed by atoms with E-state index in [1.807, 2.05) is 23.1 Å². The minimum absolute atomic E-state index is 0.0127. The predicted molar refractivity (Wildman–Crippen MR) is 83.9 cm³/mol. The molecule has 1 aromatic rings. The molecule has 2 amide bonds. The fraction of sp³-hybridized carbons (Fsp3) is 0.588. The standard InChI is InChI=1S/C17H24N2O3/c1-12(20)14-6-4-8-19(11-14)17(21)18-10-15-9-13-5-2-3-7-16(13)22-15/h2-3,5,7,12,14-15,20H,4,6,8-11H2,1H3,(H,18,21). The number of nitrogens with one attached hydrogen (secondary N) is 1. The number of rotatable bonds is 3. The lowest BCUT2D eigenvalue weighted by atomic mass is 9.94. The van der Waals surface area contributed by atoms with Crippen LogP contribution in [-0.2, 0) is 6.42 Å². The molecule has 3 unspecified atom stereocenters. The molecule has 3 atom stereocenters. The van der Waals surface area contributed by atoms with Crippen molar-refractivity contribution >= 4 is 6.03 Å². The number of aliphatic hydroxyl groups is 1. The molecule has 5 nitrogen and oxygen atoms in total. The first-order valence-electron chi connectivity index (χ1n) is 8.09. The fourth-order valence-electron chi connectivity index (χ4n) is 3.27. The second-order valence-corrected chi connectivity index (χ2v) is 6.33. The molecule has 0 radical (unpaired) electrons. The Balaban J connectivity index is 1.47. The van der Waals surface area contributed by atoms with E-state index < -0.39 is 0 Å². The van der Waals surface area contributed by atoms with Crippen molar-refractivity contribution in [1.82, 2.24) is 10.2 Å². The molecule has 0 aliphatic carbocycles. The second kappa shape index (κ2) is 6.57. The number of amides is 2. The van der Waals surface area contributed by atoms with Crippen LogP contribution in [-0.4, -0.2) is 47.9 Å². The van der Waals surface area contributed by atoms with Gasteiger partial charge in [0.1, 0.15) is 11.9 Å². The van der Waals surface area contributed by atoms with Crippen molar-refractivity contribution < 1.29 is 14.6 Å². The Labute approximate surface area is 131 Å². The van der Waals surface area contributed by atoms with E-state index in [1.165, 1.54) is 5.56 Å². The van der Waals surface area contributed by atoms with E-state index in [1.54, 1.807) is 6.92 Å². The van der Waals surface area contributed by atoms with Crippen LogP contribution in [0.3, 0.4) is 0 Å². The first kappa shape index (κ1) is 15.2. The summed E-state index contributed by atoms with van der Waals surface area (Å²) in [4.78, 5) is 14.1. The summed E-state index contributed by atoms with van der Waals surface area (Å²) in [6.45, 7) is 3.72. The largest absolute Gasteiger partial charge is 0.488 e. The van der Waals surface area contributed by atoms with Crippen molar-refractivity contribution in [3.63, 3.8) is 0 Å². The van der Waals surface area contributed by atoms with E-state index in [2.05, 4.69) is 11.4 Å². The smallest absolute Gasteiger partial charge is 0.317 e. The molecule has 1 aromatic carbocycles. The highest BCUT2D eigenvalue weighted by Gasteiger charge is 2.28. The summed E-state index contributed by atoms with van der Waals surface area (Å²) in [5.41, 5.74) is 1.20. The van der Waals surface area contributed by atoms with Crippen molar-refractivity contribution in [3.05, 3.63) is 29.8 Å². The van der Waals surface area contributed by atoms with E-state index in [0.29, 0.717) is 13.1 Å². The van der Waals surface area contributed by atoms with Gasteiger partial charge in [0.15, 0.2) is 0 Å². The zero-order valence-electron chi connectivity index (χ0n) is 13.0. The zero-order chi connectivity index (χ0) is 15.5. The lowest BCUT2D eigenvalue weighted by Crippen LogP contribution is -2.49. The van der Waals surface area contributed by atoms with Gasteiger partial charge in [-0.1, -0.05) is 18.2 Å². The van der Waals surface area contributed by atoms with E-state index >= 15 is 0 Å². The van der Waals surface area contributed by atoms with Crippen LogP contribution in [0.4, 0.5) is 4.79 Å². The molecule has 120 valence electrons. The van der Waals surface area contributed by atoms with Gasteiger partial charge in [-0.2, -0.15) is 0 Å². The molecule has 0 bridgehead atoms. The number of piperidine rings is 1. The van der Waals surface area contributed by atoms with Crippen LogP contribution < -0.4 is 10.1 Å². The summed E-state index contributed by atoms with van der Waals surface area (Å²) in [5, 5.41) is 12.7. The summed E-state index contributed by atoms with van der Waals surface area (Å²) in [6.07, 6.45) is 2.44. The van der Waals surface area contributed by atoms with E-state index in [4.69, 9.17) is 4.74 Å². The minimum Gasteiger partial charge on any atom is -0.488 e. The number of fused-ring (bicyclic) bond motifs is 1. The van der Waals surface area contributed by atoms with Gasteiger partial charge in [0.25, 0.3) is 0 Å². The molecule has 2 heterocycles. The van der Waals surface area contributed by atoms with Gasteiger partial charge in [0, 0.05) is 25.4 Å². The molecule has 0 spiro atoms. The Morgan fingerprint density at radius 1 is 1.50 bits per heavy atom. The Hall–Kier alpha value is -1.75. The lowest BCUT2D eigenvalue weighted by molar-refractivity contribution is 0.0733. The normalized spacial score (nSPS) is 25.3. The molecule has 3 rings (SSSR count). The third-order valence-electron chi connectivity index (χ3n) is 4.62. The molecule has 2 aliphatic heterocycles. The summed E-state index contributed by atoms with van der Waals surface area (Å²) < 4.78 is 5.83. The summed E-state index contributed by atoms with van der Waals surface area (Å²) in [5.74, 6) is 1.11. The number of carbonyl (C=O) groups excluding carboxylic acids is 1. The summed E-state index contributed by atoms with van der Waals surface area (Å²) >= 11 is 0. The molecule has 2 N–H and O–H groups in total. The summed E-state index contributed by atoms with van der Waals surface area (Å²) in [6, 6.07) is 7.95. The summed E-state index contributed by atoms with van der Waals surface area (Å²) in [7, 11) is 0. The van der Waals surface area contributed by atoms with Crippen molar-refractivity contribution in [2.75, 3.05) is 19.6 Å². The van der Waals surface area contributed by atoms with Gasteiger partial charge in [0.2, 0.25) is 0 Å². The third kappa shape index (κ3) is 3.35. The SMILES string of the molecule is CC(O)C1CCCN(C(=O)NCC2Cc3ccccc3O2)C1. The van der Waals surface area contributed by atoms with Crippen LogP contribution >= 0.6 is 0 Å². The number of hydrogen-bond acceptors (Lipinski definition) is 3. The van der Waals surface area contributed by atoms with Gasteiger partial charge in [-0.3, -0.25) is 0 Å². The predicted octanol–water partition coefficient (Wildman–Crippen LogP) is 1.79. The Kier molecular flexibility index (Phi) is 4.52. The highest BCUT2D eigenvalue weighted by atomic mass is 16.5. The number of hydrogen-bond donors (Lipinski definition) is 2. The number of para-hydroxylation sites is 1. The molecule has 0 aromatic heterocycles. The fourth-order valence-corrected chi connectivity index (χ4v) is 3.27. The van der Waals surface area contributed by atoms with Gasteiger partial charge in [0.05, 0.1) is 12.6 Å². The maximum Gasteiger partial charge on any atom is 0.317 e. The average molecular weight is 304 g/mol. The van der Waals surface area contributed by atoms with Gasteiger partial charge in [-0.25, -0.2) is 4.79 Å². The lowest BCUT2D eigenvalue weighted by Gasteiger charge is -2.34. The van der Waals surface area contributed by atoms with E-state index in [9.17, 15) is 9.90 Å². The maximum atomic E-state index is 12.3. The number of urea groups is 1. The van der Waals surface area contributed by atoms with Crippen LogP contribution in [0.15, 0.2) is 24.3 Å². The Morgan fingerprint density at radius 2 is 2.32 bits per heavy atom. The van der Waals surface area contributed by atoms with Crippen molar-refractivity contribution in [2.45, 2.75) is 38.4 Å². The zero-order valence-corrected chi connectivity index (χ0v) is 13.0. The molecule has 0 saturated carbocycles. The molecule has 22 heavy (non-hydrogen) atoms. The molecular formula is C17H24N2O3. The van der Waals surface area contributed by atoms with Gasteiger partial charge >= 0.3 is 6.03 Å². The highest BCUT2D eigenvalue weighted by Crippen LogP contribution is 2.27. The number of carbonyl (C=O) groups is 1. The van der Waals surface area contributed by atoms with E-state index in [-0.39, 0.29) is 24.2 Å². The highest BCUT2D eigenvalue weighted by molar-refractivity contribution is 5.74. The Bertz CT molecular complexity index is 507. The monoisotopic (exact) mass is 304 g/mol. The topological polar surface area (TPSA) is 61.8 Å². The first-order valence-corrected chi connectivity index (χ1v) is 8.09. The molecule has 2 aliphatic rings. The third-order valence-corrected chi connectivity index (χ3v) is 4.62. The number of likely N-dealkylation sites (tertiary alicyclic amines) is 1. The number of nitrogens with zero attached hydrogens (tertiary/aromatic N) is 1. The van der Waals surface area contributed by atoms with Crippen LogP contribution in [0, 0.1) is 5.92 Å². The van der Waals surface area contributed by atoms with Gasteiger partial charge < -0.3 is 20.1 Å². The van der Waals surface area contributed by atoms with Crippen molar-refractivity contribution in [2.24, 2.45) is 5.92 Å². The number of benzene rings is 1. The molecule has 1 fully saturated rings. The van der Waals surface area contributed by atoms with Crippen LogP contribution in [0.1, 0.15) is 25.3 Å². The minimum atomic E-state index is -0.358. The maximum absolute atomic E-state index is 12.3. The van der Waals surface area contributed by atoms with E-state index in [0.717, 1.165) is 31.6 Å². The quantitative estimate of drug-likeness (QED) is 0.895. The first-order chi connectivity index (χ1) is 10.6.